The van der Waals surface area contributed by atoms with Crippen molar-refractivity contribution < 1.29 is 22.2 Å². The highest BCUT2D eigenvalue weighted by Gasteiger charge is 2.29. The van der Waals surface area contributed by atoms with Crippen LogP contribution in [0.1, 0.15) is 6.42 Å². The van der Waals surface area contributed by atoms with Gasteiger partial charge in [-0.15, -0.1) is 0 Å². The Kier molecular flexibility index (Phi) is 4.89. The lowest BCUT2D eigenvalue weighted by atomic mass is 10.2. The highest BCUT2D eigenvalue weighted by Crippen LogP contribution is 2.11. The molecular formula is C11H21N2O4S+. The molecule has 0 aliphatic carbocycles. The van der Waals surface area contributed by atoms with Crippen LogP contribution in [0.15, 0.2) is 12.7 Å². The summed E-state index contributed by atoms with van der Waals surface area (Å²) in [6, 6.07) is 0. The number of hydrogen-bond donors (Lipinski definition) is 1. The number of quaternary nitrogens is 1. The van der Waals surface area contributed by atoms with E-state index in [4.69, 9.17) is 4.55 Å². The maximum atomic E-state index is 11.4. The minimum atomic E-state index is -3.87. The van der Waals surface area contributed by atoms with Crippen LogP contribution in [0.5, 0.6) is 0 Å². The van der Waals surface area contributed by atoms with E-state index in [0.29, 0.717) is 26.1 Å². The summed E-state index contributed by atoms with van der Waals surface area (Å²) in [7, 11) is -1.83. The van der Waals surface area contributed by atoms with Crippen LogP contribution in [0.25, 0.3) is 0 Å². The monoisotopic (exact) mass is 277 g/mol. The molecule has 1 N–H and O–H groups in total. The van der Waals surface area contributed by atoms with Crippen LogP contribution in [0.4, 0.5) is 0 Å². The molecule has 1 aliphatic rings. The molecule has 1 amide bonds. The molecule has 0 aromatic heterocycles. The van der Waals surface area contributed by atoms with E-state index in [1.807, 2.05) is 7.05 Å². The number of likely N-dealkylation sites (N-methyl/N-ethyl adjacent to an activating group) is 1. The van der Waals surface area contributed by atoms with Crippen molar-refractivity contribution in [2.24, 2.45) is 0 Å². The second-order valence-corrected chi connectivity index (χ2v) is 6.53. The minimum absolute atomic E-state index is 0.0563. The number of carbonyl (C=O) groups excluding carboxylic acids is 1. The number of amides is 1. The molecule has 104 valence electrons. The molecule has 0 aromatic carbocycles. The molecule has 6 nitrogen and oxygen atoms in total. The van der Waals surface area contributed by atoms with Crippen molar-refractivity contribution in [3.05, 3.63) is 12.7 Å². The maximum absolute atomic E-state index is 11.4. The van der Waals surface area contributed by atoms with E-state index >= 15 is 0 Å². The van der Waals surface area contributed by atoms with Gasteiger partial charge in [0.1, 0.15) is 0 Å². The predicted octanol–water partition coefficient (Wildman–Crippen LogP) is -0.261. The molecule has 0 aromatic rings. The van der Waals surface area contributed by atoms with Crippen LogP contribution in [0.2, 0.25) is 0 Å². The Hall–Kier alpha value is -0.920. The third-order valence-corrected chi connectivity index (χ3v) is 4.21. The minimum Gasteiger partial charge on any atom is -0.328 e. The van der Waals surface area contributed by atoms with Crippen LogP contribution in [-0.2, 0) is 14.9 Å². The maximum Gasteiger partial charge on any atom is 0.265 e. The van der Waals surface area contributed by atoms with Crippen molar-refractivity contribution in [3.8, 4) is 0 Å². The Morgan fingerprint density at radius 1 is 1.44 bits per heavy atom. The van der Waals surface area contributed by atoms with E-state index in [0.717, 1.165) is 17.6 Å². The third kappa shape index (κ3) is 4.75. The average molecular weight is 277 g/mol. The fourth-order valence-electron chi connectivity index (χ4n) is 2.15. The van der Waals surface area contributed by atoms with Gasteiger partial charge >= 0.3 is 0 Å². The quantitative estimate of drug-likeness (QED) is 0.427. The molecular weight excluding hydrogens is 256 g/mol. The van der Waals surface area contributed by atoms with Gasteiger partial charge in [-0.1, -0.05) is 6.58 Å². The van der Waals surface area contributed by atoms with Crippen molar-refractivity contribution >= 4 is 16.0 Å². The summed E-state index contributed by atoms with van der Waals surface area (Å²) in [5, 5.41) is 0. The van der Waals surface area contributed by atoms with Crippen molar-refractivity contribution in [1.29, 1.82) is 0 Å². The number of carbonyl (C=O) groups is 1. The summed E-state index contributed by atoms with van der Waals surface area (Å²) >= 11 is 0. The molecule has 0 spiro atoms. The lowest BCUT2D eigenvalue weighted by Gasteiger charge is -2.41. The summed E-state index contributed by atoms with van der Waals surface area (Å²) in [5.74, 6) is -0.255. The van der Waals surface area contributed by atoms with Gasteiger partial charge in [0.05, 0.1) is 45.5 Å². The topological polar surface area (TPSA) is 74.7 Å². The second kappa shape index (κ2) is 5.81. The van der Waals surface area contributed by atoms with E-state index in [1.54, 1.807) is 4.90 Å². The van der Waals surface area contributed by atoms with Gasteiger partial charge in [-0.05, 0) is 6.08 Å². The first-order valence-electron chi connectivity index (χ1n) is 5.96. The Balaban J connectivity index is 2.40. The summed E-state index contributed by atoms with van der Waals surface area (Å²) in [6.07, 6.45) is 1.75. The SMILES string of the molecule is C=CC(=O)N1CC[N+](C)(CCCS(=O)(=O)O)CC1. The zero-order chi connectivity index (χ0) is 13.8. The van der Waals surface area contributed by atoms with Gasteiger partial charge in [0.2, 0.25) is 5.91 Å². The lowest BCUT2D eigenvalue weighted by Crippen LogP contribution is -2.58. The van der Waals surface area contributed by atoms with Crippen molar-refractivity contribution in [2.75, 3.05) is 45.5 Å². The van der Waals surface area contributed by atoms with Crippen molar-refractivity contribution in [2.45, 2.75) is 6.42 Å². The molecule has 0 bridgehead atoms. The largest absolute Gasteiger partial charge is 0.328 e. The third-order valence-electron chi connectivity index (χ3n) is 3.41. The molecule has 0 radical (unpaired) electrons. The van der Waals surface area contributed by atoms with Crippen LogP contribution >= 0.6 is 0 Å². The normalized spacial score (nSPS) is 19.6. The number of nitrogens with zero attached hydrogens (tertiary/aromatic N) is 2. The summed E-state index contributed by atoms with van der Waals surface area (Å²) < 4.78 is 30.7. The van der Waals surface area contributed by atoms with Gasteiger partial charge < -0.3 is 9.38 Å². The number of hydrogen-bond acceptors (Lipinski definition) is 3. The fourth-order valence-corrected chi connectivity index (χ4v) is 2.64. The Morgan fingerprint density at radius 2 is 2.00 bits per heavy atom. The number of rotatable bonds is 5. The Bertz CT molecular complexity index is 411. The first kappa shape index (κ1) is 15.1. The van der Waals surface area contributed by atoms with E-state index in [-0.39, 0.29) is 11.7 Å². The number of piperazine rings is 1. The first-order valence-corrected chi connectivity index (χ1v) is 7.57. The molecule has 1 fully saturated rings. The average Bonchev–Trinajstić information content (AvgIpc) is 2.27. The van der Waals surface area contributed by atoms with E-state index in [9.17, 15) is 13.2 Å². The molecule has 0 saturated carbocycles. The van der Waals surface area contributed by atoms with Gasteiger partial charge in [-0.3, -0.25) is 9.35 Å². The highest BCUT2D eigenvalue weighted by molar-refractivity contribution is 7.85. The molecule has 0 atom stereocenters. The zero-order valence-electron chi connectivity index (χ0n) is 10.7. The standard InChI is InChI=1S/C11H20N2O4S/c1-3-11(14)12-5-8-13(2,9-6-12)7-4-10-18(15,16)17/h3H,1,4-10H2,2H3/p+1. The molecule has 1 rings (SSSR count). The zero-order valence-corrected chi connectivity index (χ0v) is 11.5. The summed E-state index contributed by atoms with van der Waals surface area (Å²) in [6.45, 7) is 7.06. The molecule has 1 aliphatic heterocycles. The van der Waals surface area contributed by atoms with Gasteiger partial charge in [-0.2, -0.15) is 8.42 Å². The first-order chi connectivity index (χ1) is 8.26. The van der Waals surface area contributed by atoms with Gasteiger partial charge in [0.15, 0.2) is 0 Å². The fraction of sp³-hybridized carbons (Fsp3) is 0.727. The van der Waals surface area contributed by atoms with E-state index in [2.05, 4.69) is 6.58 Å². The van der Waals surface area contributed by atoms with Crippen LogP contribution in [0, 0.1) is 0 Å². The molecule has 0 unspecified atom stereocenters. The summed E-state index contributed by atoms with van der Waals surface area (Å²) in [5.41, 5.74) is 0. The summed E-state index contributed by atoms with van der Waals surface area (Å²) in [4.78, 5) is 13.2. The lowest BCUT2D eigenvalue weighted by molar-refractivity contribution is -0.913. The predicted molar refractivity (Wildman–Crippen MR) is 68.6 cm³/mol. The van der Waals surface area contributed by atoms with Crippen LogP contribution in [-0.4, -0.2) is 73.8 Å². The second-order valence-electron chi connectivity index (χ2n) is 4.96. The van der Waals surface area contributed by atoms with Crippen LogP contribution < -0.4 is 0 Å². The van der Waals surface area contributed by atoms with Gasteiger partial charge in [0.25, 0.3) is 10.1 Å². The van der Waals surface area contributed by atoms with E-state index in [1.165, 1.54) is 6.08 Å². The molecule has 1 saturated heterocycles. The molecule has 18 heavy (non-hydrogen) atoms. The Morgan fingerprint density at radius 3 is 2.44 bits per heavy atom. The Labute approximate surface area is 108 Å². The molecule has 7 heteroatoms. The highest BCUT2D eigenvalue weighted by atomic mass is 32.2. The van der Waals surface area contributed by atoms with Gasteiger partial charge in [0, 0.05) is 6.42 Å². The van der Waals surface area contributed by atoms with Crippen LogP contribution in [0.3, 0.4) is 0 Å². The van der Waals surface area contributed by atoms with Crippen molar-refractivity contribution in [1.82, 2.24) is 4.90 Å². The smallest absolute Gasteiger partial charge is 0.265 e. The van der Waals surface area contributed by atoms with Crippen molar-refractivity contribution in [3.63, 3.8) is 0 Å². The molecule has 1 heterocycles. The van der Waals surface area contributed by atoms with Gasteiger partial charge in [-0.25, -0.2) is 0 Å². The van der Waals surface area contributed by atoms with E-state index < -0.39 is 10.1 Å².